The van der Waals surface area contributed by atoms with Gasteiger partial charge in [0.05, 0.1) is 12.7 Å². The first kappa shape index (κ1) is 10.1. The molecule has 1 N–H and O–H groups in total. The molecule has 0 fully saturated rings. The molecule has 1 rings (SSSR count). The second-order valence-electron chi connectivity index (χ2n) is 3.30. The largest absolute Gasteiger partial charge is 0.493 e. The molecule has 0 spiro atoms. The highest BCUT2D eigenvalue weighted by atomic mass is 16.5. The van der Waals surface area contributed by atoms with Crippen molar-refractivity contribution < 1.29 is 9.84 Å². The van der Waals surface area contributed by atoms with E-state index < -0.39 is 0 Å². The lowest BCUT2D eigenvalue weighted by molar-refractivity contribution is 0.155. The Labute approximate surface area is 79.2 Å². The van der Waals surface area contributed by atoms with Crippen molar-refractivity contribution in [2.45, 2.75) is 26.4 Å². The molecule has 1 aromatic carbocycles. The van der Waals surface area contributed by atoms with Gasteiger partial charge < -0.3 is 9.84 Å². The molecule has 0 saturated heterocycles. The minimum absolute atomic E-state index is 0.287. The zero-order chi connectivity index (χ0) is 9.68. The van der Waals surface area contributed by atoms with E-state index in [9.17, 15) is 0 Å². The molecule has 0 radical (unpaired) electrons. The summed E-state index contributed by atoms with van der Waals surface area (Å²) in [7, 11) is 0. The van der Waals surface area contributed by atoms with Gasteiger partial charge in [0.1, 0.15) is 5.75 Å². The van der Waals surface area contributed by atoms with Crippen LogP contribution in [-0.4, -0.2) is 17.8 Å². The van der Waals surface area contributed by atoms with Gasteiger partial charge in [0, 0.05) is 6.42 Å². The lowest BCUT2D eigenvalue weighted by atomic mass is 10.2. The van der Waals surface area contributed by atoms with Gasteiger partial charge in [0.25, 0.3) is 0 Å². The van der Waals surface area contributed by atoms with Crippen molar-refractivity contribution in [3.8, 4) is 5.75 Å². The van der Waals surface area contributed by atoms with Gasteiger partial charge in [-0.2, -0.15) is 0 Å². The highest BCUT2D eigenvalue weighted by Crippen LogP contribution is 2.11. The van der Waals surface area contributed by atoms with Crippen LogP contribution in [0.4, 0.5) is 0 Å². The molecule has 0 amide bonds. The molecule has 13 heavy (non-hydrogen) atoms. The number of hydrogen-bond donors (Lipinski definition) is 1. The van der Waals surface area contributed by atoms with Crippen LogP contribution in [0.25, 0.3) is 0 Å². The number of aliphatic hydroxyl groups is 1. The molecule has 1 atom stereocenters. The minimum Gasteiger partial charge on any atom is -0.493 e. The zero-order valence-corrected chi connectivity index (χ0v) is 8.16. The van der Waals surface area contributed by atoms with Crippen LogP contribution in [0.15, 0.2) is 24.3 Å². The topological polar surface area (TPSA) is 29.5 Å². The number of hydrogen-bond acceptors (Lipinski definition) is 2. The Balaban J connectivity index is 2.33. The first-order valence-electron chi connectivity index (χ1n) is 4.56. The number of benzene rings is 1. The van der Waals surface area contributed by atoms with Crippen molar-refractivity contribution in [1.82, 2.24) is 0 Å². The first-order chi connectivity index (χ1) is 6.18. The second-order valence-corrected chi connectivity index (χ2v) is 3.30. The van der Waals surface area contributed by atoms with Crippen LogP contribution < -0.4 is 4.74 Å². The van der Waals surface area contributed by atoms with Gasteiger partial charge in [0.2, 0.25) is 0 Å². The summed E-state index contributed by atoms with van der Waals surface area (Å²) in [4.78, 5) is 0. The second kappa shape index (κ2) is 4.87. The number of rotatable bonds is 4. The molecule has 0 aromatic heterocycles. The van der Waals surface area contributed by atoms with Gasteiger partial charge in [-0.05, 0) is 26.0 Å². The van der Waals surface area contributed by atoms with Crippen molar-refractivity contribution in [1.29, 1.82) is 0 Å². The normalized spacial score (nSPS) is 12.5. The molecule has 0 aliphatic rings. The molecule has 2 heteroatoms. The lowest BCUT2D eigenvalue weighted by Crippen LogP contribution is -2.07. The highest BCUT2D eigenvalue weighted by Gasteiger charge is 1.96. The van der Waals surface area contributed by atoms with E-state index in [0.29, 0.717) is 13.0 Å². The molecule has 72 valence electrons. The fraction of sp³-hybridized carbons (Fsp3) is 0.455. The smallest absolute Gasteiger partial charge is 0.119 e. The van der Waals surface area contributed by atoms with Crippen LogP contribution in [0.2, 0.25) is 0 Å². The van der Waals surface area contributed by atoms with Crippen molar-refractivity contribution in [3.05, 3.63) is 29.8 Å². The summed E-state index contributed by atoms with van der Waals surface area (Å²) in [5, 5.41) is 8.99. The molecule has 0 bridgehead atoms. The van der Waals surface area contributed by atoms with Gasteiger partial charge in [-0.25, -0.2) is 0 Å². The Morgan fingerprint density at radius 1 is 1.31 bits per heavy atom. The maximum atomic E-state index is 8.99. The van der Waals surface area contributed by atoms with Gasteiger partial charge >= 0.3 is 0 Å². The summed E-state index contributed by atoms with van der Waals surface area (Å²) in [5.41, 5.74) is 1.22. The quantitative estimate of drug-likeness (QED) is 0.769. The fourth-order valence-corrected chi connectivity index (χ4v) is 0.982. The van der Waals surface area contributed by atoms with Gasteiger partial charge in [0.15, 0.2) is 0 Å². The molecule has 0 saturated carbocycles. The van der Waals surface area contributed by atoms with Crippen molar-refractivity contribution in [2.24, 2.45) is 0 Å². The van der Waals surface area contributed by atoms with E-state index in [1.165, 1.54) is 5.56 Å². The third kappa shape index (κ3) is 3.95. The highest BCUT2D eigenvalue weighted by molar-refractivity contribution is 5.26. The Morgan fingerprint density at radius 2 is 1.92 bits per heavy atom. The first-order valence-corrected chi connectivity index (χ1v) is 4.56. The molecular formula is C11H16O2. The average Bonchev–Trinajstić information content (AvgIpc) is 2.08. The molecular weight excluding hydrogens is 164 g/mol. The third-order valence-corrected chi connectivity index (χ3v) is 1.83. The Hall–Kier alpha value is -1.02. The Kier molecular flexibility index (Phi) is 3.77. The summed E-state index contributed by atoms with van der Waals surface area (Å²) in [6.45, 7) is 4.37. The molecule has 0 unspecified atom stereocenters. The minimum atomic E-state index is -0.287. The van der Waals surface area contributed by atoms with Gasteiger partial charge in [-0.3, -0.25) is 0 Å². The van der Waals surface area contributed by atoms with Gasteiger partial charge in [-0.1, -0.05) is 17.7 Å². The summed E-state index contributed by atoms with van der Waals surface area (Å²) >= 11 is 0. The molecule has 0 heterocycles. The van der Waals surface area contributed by atoms with Crippen molar-refractivity contribution in [2.75, 3.05) is 6.61 Å². The van der Waals surface area contributed by atoms with E-state index in [1.807, 2.05) is 31.2 Å². The van der Waals surface area contributed by atoms with Crippen molar-refractivity contribution >= 4 is 0 Å². The van der Waals surface area contributed by atoms with E-state index in [1.54, 1.807) is 6.92 Å². The predicted molar refractivity (Wildman–Crippen MR) is 53.0 cm³/mol. The summed E-state index contributed by atoms with van der Waals surface area (Å²) in [6.07, 6.45) is 0.388. The third-order valence-electron chi connectivity index (χ3n) is 1.83. The van der Waals surface area contributed by atoms with Crippen LogP contribution in [-0.2, 0) is 0 Å². The van der Waals surface area contributed by atoms with Crippen LogP contribution in [0.3, 0.4) is 0 Å². The monoisotopic (exact) mass is 180 g/mol. The van der Waals surface area contributed by atoms with Crippen LogP contribution in [0.1, 0.15) is 18.9 Å². The standard InChI is InChI=1S/C11H16O2/c1-9-3-5-11(6-4-9)13-8-7-10(2)12/h3-6,10,12H,7-8H2,1-2H3/t10-/m1/s1. The number of ether oxygens (including phenoxy) is 1. The SMILES string of the molecule is Cc1ccc(OCC[C@@H](C)O)cc1. The maximum Gasteiger partial charge on any atom is 0.119 e. The Morgan fingerprint density at radius 3 is 2.46 bits per heavy atom. The van der Waals surface area contributed by atoms with E-state index in [-0.39, 0.29) is 6.10 Å². The molecule has 1 aromatic rings. The van der Waals surface area contributed by atoms with Crippen LogP contribution >= 0.6 is 0 Å². The lowest BCUT2D eigenvalue weighted by Gasteiger charge is -2.07. The van der Waals surface area contributed by atoms with Crippen LogP contribution in [0, 0.1) is 6.92 Å². The van der Waals surface area contributed by atoms with E-state index in [4.69, 9.17) is 9.84 Å². The average molecular weight is 180 g/mol. The molecule has 0 aliphatic carbocycles. The van der Waals surface area contributed by atoms with Crippen molar-refractivity contribution in [3.63, 3.8) is 0 Å². The van der Waals surface area contributed by atoms with E-state index in [2.05, 4.69) is 0 Å². The molecule has 2 nitrogen and oxygen atoms in total. The van der Waals surface area contributed by atoms with E-state index >= 15 is 0 Å². The summed E-state index contributed by atoms with van der Waals surface area (Å²) in [6, 6.07) is 7.91. The van der Waals surface area contributed by atoms with Gasteiger partial charge in [-0.15, -0.1) is 0 Å². The maximum absolute atomic E-state index is 8.99. The summed E-state index contributed by atoms with van der Waals surface area (Å²) in [5.74, 6) is 0.867. The van der Waals surface area contributed by atoms with E-state index in [0.717, 1.165) is 5.75 Å². The Bertz CT molecular complexity index is 239. The molecule has 0 aliphatic heterocycles. The number of aryl methyl sites for hydroxylation is 1. The predicted octanol–water partition coefficient (Wildman–Crippen LogP) is 2.14. The summed E-state index contributed by atoms with van der Waals surface area (Å²) < 4.78 is 5.41. The zero-order valence-electron chi connectivity index (χ0n) is 8.16. The number of aliphatic hydroxyl groups excluding tert-OH is 1. The fourth-order valence-electron chi connectivity index (χ4n) is 0.982. The van der Waals surface area contributed by atoms with Crippen LogP contribution in [0.5, 0.6) is 5.75 Å².